The van der Waals surface area contributed by atoms with E-state index in [1.165, 1.54) is 6.07 Å². The molecule has 1 aromatic rings. The lowest BCUT2D eigenvalue weighted by Gasteiger charge is -2.21. The largest absolute Gasteiger partial charge is 0.380 e. The molecule has 1 N–H and O–H groups in total. The van der Waals surface area contributed by atoms with E-state index in [0.29, 0.717) is 4.47 Å². The minimum absolute atomic E-state index is 0.0803. The molecule has 0 amide bonds. The molecule has 0 fully saturated rings. The molecular weight excluding hydrogens is 261 g/mol. The van der Waals surface area contributed by atoms with Crippen LogP contribution in [0.4, 0.5) is 10.1 Å². The number of rotatable bonds is 4. The highest BCUT2D eigenvalue weighted by atomic mass is 79.9. The summed E-state index contributed by atoms with van der Waals surface area (Å²) in [6, 6.07) is 5.10. The smallest absolute Gasteiger partial charge is 0.139 e. The zero-order valence-corrected chi connectivity index (χ0v) is 10.6. The van der Waals surface area contributed by atoms with Crippen LogP contribution in [0.5, 0.6) is 0 Å². The summed E-state index contributed by atoms with van der Waals surface area (Å²) in [7, 11) is 1.66. The van der Waals surface area contributed by atoms with E-state index in [9.17, 15) is 4.39 Å². The maximum absolute atomic E-state index is 13.2. The zero-order valence-electron chi connectivity index (χ0n) is 9.05. The summed E-state index contributed by atoms with van der Waals surface area (Å²) in [5.74, 6) is -0.266. The highest BCUT2D eigenvalue weighted by Gasteiger charge is 2.11. The molecule has 0 aliphatic carbocycles. The quantitative estimate of drug-likeness (QED) is 0.909. The monoisotopic (exact) mass is 275 g/mol. The van der Waals surface area contributed by atoms with Gasteiger partial charge in [-0.1, -0.05) is 0 Å². The molecule has 2 nitrogen and oxygen atoms in total. The van der Waals surface area contributed by atoms with Crippen LogP contribution in [0.25, 0.3) is 0 Å². The van der Waals surface area contributed by atoms with Crippen LogP contribution in [0.3, 0.4) is 0 Å². The first-order chi connectivity index (χ1) is 7.04. The van der Waals surface area contributed by atoms with E-state index in [0.717, 1.165) is 5.69 Å². The van der Waals surface area contributed by atoms with Gasteiger partial charge in [0.25, 0.3) is 0 Å². The van der Waals surface area contributed by atoms with Gasteiger partial charge in [0.2, 0.25) is 0 Å². The van der Waals surface area contributed by atoms with Gasteiger partial charge in [-0.25, -0.2) is 4.39 Å². The molecule has 4 heteroatoms. The second-order valence-electron chi connectivity index (χ2n) is 3.50. The van der Waals surface area contributed by atoms with E-state index in [4.69, 9.17) is 4.74 Å². The third-order valence-corrected chi connectivity index (χ3v) is 3.03. The molecule has 1 rings (SSSR count). The van der Waals surface area contributed by atoms with Crippen molar-refractivity contribution in [1.82, 2.24) is 0 Å². The molecule has 0 heterocycles. The topological polar surface area (TPSA) is 21.3 Å². The van der Waals surface area contributed by atoms with Crippen molar-refractivity contribution in [1.29, 1.82) is 0 Å². The van der Waals surface area contributed by atoms with Crippen molar-refractivity contribution in [2.24, 2.45) is 0 Å². The first-order valence-electron chi connectivity index (χ1n) is 4.79. The number of anilines is 1. The number of nitrogens with one attached hydrogen (secondary N) is 1. The molecular formula is C11H15BrFNO. The first kappa shape index (κ1) is 12.5. The first-order valence-corrected chi connectivity index (χ1v) is 5.58. The summed E-state index contributed by atoms with van der Waals surface area (Å²) >= 11 is 3.11. The number of halogens is 2. The Kier molecular flexibility index (Phi) is 4.54. The van der Waals surface area contributed by atoms with E-state index >= 15 is 0 Å². The molecule has 2 atom stereocenters. The van der Waals surface area contributed by atoms with Gasteiger partial charge >= 0.3 is 0 Å². The van der Waals surface area contributed by atoms with Crippen molar-refractivity contribution in [2.75, 3.05) is 12.4 Å². The Morgan fingerprint density at radius 1 is 1.40 bits per heavy atom. The molecule has 0 spiro atoms. The number of benzene rings is 1. The Morgan fingerprint density at radius 2 is 2.07 bits per heavy atom. The molecule has 84 valence electrons. The molecule has 0 aliphatic rings. The van der Waals surface area contributed by atoms with Gasteiger partial charge in [0.15, 0.2) is 0 Å². The normalized spacial score (nSPS) is 14.7. The molecule has 0 saturated carbocycles. The van der Waals surface area contributed by atoms with E-state index in [2.05, 4.69) is 21.2 Å². The van der Waals surface area contributed by atoms with Crippen LogP contribution < -0.4 is 5.32 Å². The fraction of sp³-hybridized carbons (Fsp3) is 0.455. The second kappa shape index (κ2) is 5.47. The standard InChI is InChI=1S/C11H15BrFNO/c1-7(8(2)15-3)14-9-4-5-10(12)11(13)6-9/h4-8,14H,1-3H3. The van der Waals surface area contributed by atoms with Crippen molar-refractivity contribution < 1.29 is 9.13 Å². The lowest BCUT2D eigenvalue weighted by molar-refractivity contribution is 0.106. The summed E-state index contributed by atoms with van der Waals surface area (Å²) < 4.78 is 18.8. The molecule has 1 aromatic carbocycles. The molecule has 0 radical (unpaired) electrons. The van der Waals surface area contributed by atoms with Crippen LogP contribution in [0, 0.1) is 5.82 Å². The molecule has 2 unspecified atom stereocenters. The maximum Gasteiger partial charge on any atom is 0.139 e. The van der Waals surface area contributed by atoms with Gasteiger partial charge in [-0.05, 0) is 48.0 Å². The number of ether oxygens (including phenoxy) is 1. The van der Waals surface area contributed by atoms with Crippen LogP contribution >= 0.6 is 15.9 Å². The van der Waals surface area contributed by atoms with Crippen LogP contribution in [0.2, 0.25) is 0 Å². The van der Waals surface area contributed by atoms with Gasteiger partial charge in [0, 0.05) is 18.8 Å². The van der Waals surface area contributed by atoms with E-state index < -0.39 is 0 Å². The fourth-order valence-electron chi connectivity index (χ4n) is 1.17. The van der Waals surface area contributed by atoms with E-state index in [1.807, 2.05) is 19.9 Å². The third-order valence-electron chi connectivity index (χ3n) is 2.39. The predicted molar refractivity (Wildman–Crippen MR) is 63.7 cm³/mol. The molecule has 0 bridgehead atoms. The lowest BCUT2D eigenvalue weighted by atomic mass is 10.2. The van der Waals surface area contributed by atoms with E-state index in [-0.39, 0.29) is 18.0 Å². The highest BCUT2D eigenvalue weighted by molar-refractivity contribution is 9.10. The second-order valence-corrected chi connectivity index (χ2v) is 4.36. The number of hydrogen-bond acceptors (Lipinski definition) is 2. The molecule has 0 aromatic heterocycles. The van der Waals surface area contributed by atoms with Gasteiger partial charge < -0.3 is 10.1 Å². The van der Waals surface area contributed by atoms with Crippen molar-refractivity contribution in [3.63, 3.8) is 0 Å². The molecule has 0 saturated heterocycles. The average Bonchev–Trinajstić information content (AvgIpc) is 2.22. The van der Waals surface area contributed by atoms with E-state index in [1.54, 1.807) is 13.2 Å². The van der Waals surface area contributed by atoms with Gasteiger partial charge in [-0.3, -0.25) is 0 Å². The van der Waals surface area contributed by atoms with Gasteiger partial charge in [0.05, 0.1) is 10.6 Å². The van der Waals surface area contributed by atoms with Crippen molar-refractivity contribution >= 4 is 21.6 Å². The van der Waals surface area contributed by atoms with Crippen molar-refractivity contribution in [3.05, 3.63) is 28.5 Å². The fourth-order valence-corrected chi connectivity index (χ4v) is 1.42. The number of methoxy groups -OCH3 is 1. The van der Waals surface area contributed by atoms with Crippen LogP contribution in [0.15, 0.2) is 22.7 Å². The third kappa shape index (κ3) is 3.47. The summed E-state index contributed by atoms with van der Waals surface area (Å²) in [6.45, 7) is 3.96. The summed E-state index contributed by atoms with van der Waals surface area (Å²) in [5.41, 5.74) is 0.757. The average molecular weight is 276 g/mol. The van der Waals surface area contributed by atoms with Gasteiger partial charge in [-0.15, -0.1) is 0 Å². The summed E-state index contributed by atoms with van der Waals surface area (Å²) in [6.07, 6.45) is 0.0803. The Labute approximate surface area is 98.0 Å². The zero-order chi connectivity index (χ0) is 11.4. The molecule has 0 aliphatic heterocycles. The summed E-state index contributed by atoms with van der Waals surface area (Å²) in [4.78, 5) is 0. The lowest BCUT2D eigenvalue weighted by Crippen LogP contribution is -2.29. The Hall–Kier alpha value is -0.610. The van der Waals surface area contributed by atoms with Crippen molar-refractivity contribution in [3.8, 4) is 0 Å². The Balaban J connectivity index is 2.68. The van der Waals surface area contributed by atoms with Crippen molar-refractivity contribution in [2.45, 2.75) is 26.0 Å². The minimum Gasteiger partial charge on any atom is -0.380 e. The van der Waals surface area contributed by atoms with Gasteiger partial charge in [0.1, 0.15) is 5.82 Å². The highest BCUT2D eigenvalue weighted by Crippen LogP contribution is 2.20. The van der Waals surface area contributed by atoms with Crippen LogP contribution in [-0.4, -0.2) is 19.3 Å². The maximum atomic E-state index is 13.2. The Morgan fingerprint density at radius 3 is 2.60 bits per heavy atom. The number of hydrogen-bond donors (Lipinski definition) is 1. The van der Waals surface area contributed by atoms with Crippen LogP contribution in [-0.2, 0) is 4.74 Å². The SMILES string of the molecule is COC(C)C(C)Nc1ccc(Br)c(F)c1. The summed E-state index contributed by atoms with van der Waals surface area (Å²) in [5, 5.41) is 3.17. The van der Waals surface area contributed by atoms with Gasteiger partial charge in [-0.2, -0.15) is 0 Å². The molecule has 15 heavy (non-hydrogen) atoms. The minimum atomic E-state index is -0.266. The predicted octanol–water partition coefficient (Wildman–Crippen LogP) is 3.42. The Bertz CT molecular complexity index is 332. The van der Waals surface area contributed by atoms with Crippen LogP contribution in [0.1, 0.15) is 13.8 Å².